The number of hydrogen-bond acceptors (Lipinski definition) is 5. The van der Waals surface area contributed by atoms with E-state index >= 15 is 0 Å². The van der Waals surface area contributed by atoms with Crippen molar-refractivity contribution in [3.05, 3.63) is 71.5 Å². The van der Waals surface area contributed by atoms with Crippen LogP contribution in [0, 0.1) is 0 Å². The maximum absolute atomic E-state index is 5.54. The van der Waals surface area contributed by atoms with E-state index in [2.05, 4.69) is 29.0 Å². The molecule has 0 bridgehead atoms. The molecule has 1 atom stereocenters. The fourth-order valence-corrected chi connectivity index (χ4v) is 3.68. The largest absolute Gasteiger partial charge is 0.497 e. The van der Waals surface area contributed by atoms with E-state index < -0.39 is 0 Å². The van der Waals surface area contributed by atoms with Gasteiger partial charge in [-0.1, -0.05) is 12.1 Å². The average molecular weight is 392 g/mol. The van der Waals surface area contributed by atoms with Gasteiger partial charge in [-0.05, 0) is 42.0 Å². The minimum Gasteiger partial charge on any atom is -0.497 e. The maximum atomic E-state index is 5.54. The first-order chi connectivity index (χ1) is 14.2. The van der Waals surface area contributed by atoms with Gasteiger partial charge in [0.05, 0.1) is 45.9 Å². The SMILES string of the molecule is COc1ccc(C2Cn3cccc3C(c3cc(OC)c(OC)c(OC)c3)=N2)cc1. The molecule has 0 saturated heterocycles. The summed E-state index contributed by atoms with van der Waals surface area (Å²) in [6.07, 6.45) is 2.08. The van der Waals surface area contributed by atoms with Gasteiger partial charge in [0.15, 0.2) is 11.5 Å². The summed E-state index contributed by atoms with van der Waals surface area (Å²) in [4.78, 5) is 5.10. The van der Waals surface area contributed by atoms with Crippen LogP contribution in [-0.4, -0.2) is 38.7 Å². The van der Waals surface area contributed by atoms with E-state index in [1.54, 1.807) is 28.4 Å². The van der Waals surface area contributed by atoms with Gasteiger partial charge in [-0.3, -0.25) is 4.99 Å². The highest BCUT2D eigenvalue weighted by Crippen LogP contribution is 2.40. The van der Waals surface area contributed by atoms with Crippen LogP contribution in [0.15, 0.2) is 59.7 Å². The first kappa shape index (κ1) is 18.9. The smallest absolute Gasteiger partial charge is 0.203 e. The average Bonchev–Trinajstić information content (AvgIpc) is 3.26. The maximum Gasteiger partial charge on any atom is 0.203 e. The highest BCUT2D eigenvalue weighted by Gasteiger charge is 2.25. The number of aromatic nitrogens is 1. The first-order valence-corrected chi connectivity index (χ1v) is 9.36. The van der Waals surface area contributed by atoms with Gasteiger partial charge in [0.25, 0.3) is 0 Å². The molecule has 1 unspecified atom stereocenters. The van der Waals surface area contributed by atoms with Crippen molar-refractivity contribution in [1.29, 1.82) is 0 Å². The Kier molecular flexibility index (Phi) is 5.16. The summed E-state index contributed by atoms with van der Waals surface area (Å²) in [7, 11) is 6.50. The first-order valence-electron chi connectivity index (χ1n) is 9.36. The zero-order valence-corrected chi connectivity index (χ0v) is 17.0. The van der Waals surface area contributed by atoms with Gasteiger partial charge in [0.2, 0.25) is 5.75 Å². The van der Waals surface area contributed by atoms with Gasteiger partial charge in [-0.2, -0.15) is 0 Å². The van der Waals surface area contributed by atoms with Crippen molar-refractivity contribution in [3.8, 4) is 23.0 Å². The van der Waals surface area contributed by atoms with Gasteiger partial charge in [-0.15, -0.1) is 0 Å². The molecular weight excluding hydrogens is 368 g/mol. The van der Waals surface area contributed by atoms with E-state index in [-0.39, 0.29) is 6.04 Å². The molecule has 0 fully saturated rings. The summed E-state index contributed by atoms with van der Waals surface area (Å²) in [5.41, 5.74) is 4.00. The van der Waals surface area contributed by atoms with Crippen LogP contribution in [-0.2, 0) is 6.54 Å². The van der Waals surface area contributed by atoms with Crippen LogP contribution in [0.25, 0.3) is 0 Å². The van der Waals surface area contributed by atoms with Crippen LogP contribution >= 0.6 is 0 Å². The van der Waals surface area contributed by atoms with Crippen molar-refractivity contribution in [1.82, 2.24) is 4.57 Å². The Bertz CT molecular complexity index is 1010. The van der Waals surface area contributed by atoms with Gasteiger partial charge >= 0.3 is 0 Å². The summed E-state index contributed by atoms with van der Waals surface area (Å²) in [5, 5.41) is 0. The van der Waals surface area contributed by atoms with E-state index in [0.29, 0.717) is 17.2 Å². The van der Waals surface area contributed by atoms with Crippen LogP contribution in [0.1, 0.15) is 22.9 Å². The van der Waals surface area contributed by atoms with E-state index in [4.69, 9.17) is 23.9 Å². The second-order valence-electron chi connectivity index (χ2n) is 6.73. The zero-order chi connectivity index (χ0) is 20.4. The highest BCUT2D eigenvalue weighted by atomic mass is 16.5. The van der Waals surface area contributed by atoms with E-state index in [0.717, 1.165) is 34.8 Å². The molecule has 6 nitrogen and oxygen atoms in total. The Morgan fingerprint density at radius 1 is 0.862 bits per heavy atom. The lowest BCUT2D eigenvalue weighted by molar-refractivity contribution is 0.324. The molecule has 1 aliphatic heterocycles. The fraction of sp³-hybridized carbons (Fsp3) is 0.261. The Labute approximate surface area is 170 Å². The monoisotopic (exact) mass is 392 g/mol. The second kappa shape index (κ2) is 7.91. The molecule has 1 aliphatic rings. The number of fused-ring (bicyclic) bond motifs is 1. The van der Waals surface area contributed by atoms with Crippen LogP contribution < -0.4 is 18.9 Å². The molecular formula is C23H24N2O4. The molecule has 29 heavy (non-hydrogen) atoms. The van der Waals surface area contributed by atoms with Crippen molar-refractivity contribution in [2.45, 2.75) is 12.6 Å². The number of aliphatic imine (C=N–C) groups is 1. The lowest BCUT2D eigenvalue weighted by Crippen LogP contribution is -2.21. The molecule has 6 heteroatoms. The second-order valence-corrected chi connectivity index (χ2v) is 6.73. The summed E-state index contributed by atoms with van der Waals surface area (Å²) in [6.45, 7) is 0.780. The van der Waals surface area contributed by atoms with Crippen LogP contribution in [0.3, 0.4) is 0 Å². The third-order valence-corrected chi connectivity index (χ3v) is 5.17. The van der Waals surface area contributed by atoms with Crippen molar-refractivity contribution in [2.75, 3.05) is 28.4 Å². The number of benzene rings is 2. The van der Waals surface area contributed by atoms with Crippen LogP contribution in [0.2, 0.25) is 0 Å². The van der Waals surface area contributed by atoms with Crippen molar-refractivity contribution >= 4 is 5.71 Å². The normalized spacial score (nSPS) is 15.3. The molecule has 4 rings (SSSR count). The third kappa shape index (κ3) is 3.42. The topological polar surface area (TPSA) is 54.2 Å². The molecule has 1 aromatic heterocycles. The number of nitrogens with zero attached hydrogens (tertiary/aromatic N) is 2. The molecule has 0 spiro atoms. The Hall–Kier alpha value is -3.41. The third-order valence-electron chi connectivity index (χ3n) is 5.17. The Balaban J connectivity index is 1.82. The minimum absolute atomic E-state index is 0.00472. The van der Waals surface area contributed by atoms with Crippen LogP contribution in [0.5, 0.6) is 23.0 Å². The highest BCUT2D eigenvalue weighted by molar-refractivity contribution is 6.13. The molecule has 0 radical (unpaired) electrons. The van der Waals surface area contributed by atoms with E-state index in [1.165, 1.54) is 0 Å². The van der Waals surface area contributed by atoms with Crippen molar-refractivity contribution in [2.24, 2.45) is 4.99 Å². The van der Waals surface area contributed by atoms with Gasteiger partial charge in [0.1, 0.15) is 5.75 Å². The summed E-state index contributed by atoms with van der Waals surface area (Å²) >= 11 is 0. The summed E-state index contributed by atoms with van der Waals surface area (Å²) < 4.78 is 24.0. The predicted octanol–water partition coefficient (Wildman–Crippen LogP) is 4.11. The van der Waals surface area contributed by atoms with Gasteiger partial charge < -0.3 is 23.5 Å². The molecule has 0 saturated carbocycles. The molecule has 0 amide bonds. The van der Waals surface area contributed by atoms with Crippen molar-refractivity contribution in [3.63, 3.8) is 0 Å². The van der Waals surface area contributed by atoms with E-state index in [9.17, 15) is 0 Å². The molecule has 0 aliphatic carbocycles. The molecule has 3 aromatic rings. The predicted molar refractivity (Wildman–Crippen MR) is 112 cm³/mol. The summed E-state index contributed by atoms with van der Waals surface area (Å²) in [5.74, 6) is 2.61. The number of ether oxygens (including phenoxy) is 4. The number of hydrogen-bond donors (Lipinski definition) is 0. The lowest BCUT2D eigenvalue weighted by Gasteiger charge is -2.25. The van der Waals surface area contributed by atoms with Gasteiger partial charge in [0, 0.05) is 18.3 Å². The van der Waals surface area contributed by atoms with Gasteiger partial charge in [-0.25, -0.2) is 0 Å². The number of methoxy groups -OCH3 is 4. The Morgan fingerprint density at radius 3 is 2.14 bits per heavy atom. The minimum atomic E-state index is -0.00472. The number of rotatable bonds is 6. The standard InChI is InChI=1S/C23H24N2O4/c1-26-17-9-7-15(8-10-17)18-14-25-11-5-6-19(25)22(24-18)16-12-20(27-2)23(29-4)21(13-16)28-3/h5-13,18H,14H2,1-4H3. The fourth-order valence-electron chi connectivity index (χ4n) is 3.68. The quantitative estimate of drug-likeness (QED) is 0.633. The Morgan fingerprint density at radius 2 is 1.55 bits per heavy atom. The van der Waals surface area contributed by atoms with E-state index in [1.807, 2.05) is 30.3 Å². The van der Waals surface area contributed by atoms with Crippen molar-refractivity contribution < 1.29 is 18.9 Å². The zero-order valence-electron chi connectivity index (χ0n) is 17.0. The lowest BCUT2D eigenvalue weighted by atomic mass is 10.0. The molecule has 150 valence electrons. The summed E-state index contributed by atoms with van der Waals surface area (Å²) in [6, 6.07) is 16.1. The molecule has 0 N–H and O–H groups in total. The molecule has 2 aromatic carbocycles. The van der Waals surface area contributed by atoms with Crippen LogP contribution in [0.4, 0.5) is 0 Å². The molecule has 2 heterocycles.